The van der Waals surface area contributed by atoms with Crippen LogP contribution in [0.4, 0.5) is 5.95 Å². The van der Waals surface area contributed by atoms with Crippen molar-refractivity contribution < 1.29 is 0 Å². The van der Waals surface area contributed by atoms with Crippen molar-refractivity contribution in [3.8, 4) is 11.3 Å². The van der Waals surface area contributed by atoms with Crippen LogP contribution in [0.25, 0.3) is 11.3 Å². The number of nitrogens with zero attached hydrogens (tertiary/aromatic N) is 3. The van der Waals surface area contributed by atoms with Gasteiger partial charge in [0.1, 0.15) is 0 Å². The van der Waals surface area contributed by atoms with Crippen LogP contribution in [0.15, 0.2) is 65.7 Å². The van der Waals surface area contributed by atoms with Gasteiger partial charge in [0.15, 0.2) is 0 Å². The van der Waals surface area contributed by atoms with E-state index in [4.69, 9.17) is 0 Å². The Hall–Kier alpha value is -2.66. The fourth-order valence-corrected chi connectivity index (χ4v) is 2.92. The number of nitrogens with one attached hydrogen (secondary N) is 1. The molecule has 5 nitrogen and oxygen atoms in total. The fraction of sp³-hybridized carbons (Fsp3) is 0.167. The monoisotopic (exact) mass is 340 g/mol. The zero-order valence-corrected chi connectivity index (χ0v) is 13.7. The van der Waals surface area contributed by atoms with E-state index in [1.165, 1.54) is 5.56 Å². The van der Waals surface area contributed by atoms with E-state index in [2.05, 4.69) is 27.4 Å². The molecule has 0 bridgehead atoms. The molecule has 0 fully saturated rings. The molecule has 1 aliphatic heterocycles. The first-order valence-corrected chi connectivity index (χ1v) is 7.65. The molecule has 1 aromatic carbocycles. The summed E-state index contributed by atoms with van der Waals surface area (Å²) in [6.45, 7) is 0.671. The lowest BCUT2D eigenvalue weighted by Crippen LogP contribution is -2.31. The third-order valence-electron chi connectivity index (χ3n) is 4.13. The molecule has 3 heterocycles. The normalized spacial score (nSPS) is 15.8. The minimum absolute atomic E-state index is 0. The molecule has 1 atom stereocenters. The van der Waals surface area contributed by atoms with Crippen molar-refractivity contribution in [2.24, 2.45) is 0 Å². The van der Waals surface area contributed by atoms with Crippen LogP contribution in [0.3, 0.4) is 0 Å². The molecule has 0 saturated heterocycles. The van der Waals surface area contributed by atoms with Crippen molar-refractivity contribution in [1.82, 2.24) is 14.5 Å². The molecule has 1 N–H and O–H groups in total. The van der Waals surface area contributed by atoms with Crippen LogP contribution in [-0.4, -0.2) is 14.5 Å². The molecule has 6 heteroatoms. The van der Waals surface area contributed by atoms with Crippen molar-refractivity contribution in [2.45, 2.75) is 19.0 Å². The molecule has 4 rings (SSSR count). The SMILES string of the molecule is Cl.O=c1cc(-c2ccncc2)nc2n1CCC(c1ccccc1)N2. The summed E-state index contributed by atoms with van der Waals surface area (Å²) in [5.41, 5.74) is 2.75. The van der Waals surface area contributed by atoms with Gasteiger partial charge in [0.2, 0.25) is 5.95 Å². The van der Waals surface area contributed by atoms with Crippen molar-refractivity contribution in [3.05, 3.63) is 76.8 Å². The zero-order chi connectivity index (χ0) is 15.6. The van der Waals surface area contributed by atoms with E-state index < -0.39 is 0 Å². The first-order chi connectivity index (χ1) is 11.3. The summed E-state index contributed by atoms with van der Waals surface area (Å²) in [7, 11) is 0. The van der Waals surface area contributed by atoms with Crippen molar-refractivity contribution >= 4 is 18.4 Å². The highest BCUT2D eigenvalue weighted by molar-refractivity contribution is 5.85. The molecule has 0 radical (unpaired) electrons. The summed E-state index contributed by atoms with van der Waals surface area (Å²) in [6.07, 6.45) is 4.27. The van der Waals surface area contributed by atoms with Gasteiger partial charge in [0.05, 0.1) is 11.7 Å². The number of benzene rings is 1. The third-order valence-corrected chi connectivity index (χ3v) is 4.13. The Balaban J connectivity index is 0.00000169. The average molecular weight is 341 g/mol. The maximum absolute atomic E-state index is 12.4. The molecule has 122 valence electrons. The second-order valence-corrected chi connectivity index (χ2v) is 5.59. The lowest BCUT2D eigenvalue weighted by molar-refractivity contribution is 0.522. The van der Waals surface area contributed by atoms with E-state index in [1.807, 2.05) is 30.3 Å². The van der Waals surface area contributed by atoms with E-state index in [0.717, 1.165) is 12.0 Å². The number of aromatic nitrogens is 3. The first kappa shape index (κ1) is 16.2. The predicted octanol–water partition coefficient (Wildman–Crippen LogP) is 3.28. The zero-order valence-electron chi connectivity index (χ0n) is 12.9. The summed E-state index contributed by atoms with van der Waals surface area (Å²) < 4.78 is 1.70. The first-order valence-electron chi connectivity index (χ1n) is 7.65. The Morgan fingerprint density at radius 1 is 1.08 bits per heavy atom. The van der Waals surface area contributed by atoms with Crippen LogP contribution in [0.5, 0.6) is 0 Å². The van der Waals surface area contributed by atoms with E-state index >= 15 is 0 Å². The number of hydrogen-bond acceptors (Lipinski definition) is 4. The Morgan fingerprint density at radius 2 is 1.83 bits per heavy atom. The van der Waals surface area contributed by atoms with E-state index in [-0.39, 0.29) is 24.0 Å². The highest BCUT2D eigenvalue weighted by Gasteiger charge is 2.21. The molecule has 3 aromatic rings. The van der Waals surface area contributed by atoms with Gasteiger partial charge in [0.25, 0.3) is 5.56 Å². The topological polar surface area (TPSA) is 59.8 Å². The van der Waals surface area contributed by atoms with E-state index in [1.54, 1.807) is 23.0 Å². The molecule has 1 aliphatic rings. The molecular formula is C18H17ClN4O. The lowest BCUT2D eigenvalue weighted by atomic mass is 10.0. The van der Waals surface area contributed by atoms with Gasteiger partial charge < -0.3 is 5.32 Å². The quantitative estimate of drug-likeness (QED) is 0.777. The van der Waals surface area contributed by atoms with Crippen LogP contribution in [-0.2, 0) is 6.54 Å². The highest BCUT2D eigenvalue weighted by Crippen LogP contribution is 2.27. The van der Waals surface area contributed by atoms with Crippen LogP contribution in [0.1, 0.15) is 18.0 Å². The summed E-state index contributed by atoms with van der Waals surface area (Å²) >= 11 is 0. The Morgan fingerprint density at radius 3 is 2.58 bits per heavy atom. The number of anilines is 1. The molecule has 0 saturated carbocycles. The number of pyridine rings is 1. The minimum atomic E-state index is -0.0270. The lowest BCUT2D eigenvalue weighted by Gasteiger charge is -2.27. The standard InChI is InChI=1S/C18H16N4O.ClH/c23-17-12-16(14-6-9-19-10-7-14)21-18-20-15(8-11-22(17)18)13-4-2-1-3-5-13;/h1-7,9-10,12,15H,8,11H2,(H,20,21);1H. The molecule has 0 spiro atoms. The number of rotatable bonds is 2. The van der Waals surface area contributed by atoms with Crippen molar-refractivity contribution in [3.63, 3.8) is 0 Å². The summed E-state index contributed by atoms with van der Waals surface area (Å²) in [5, 5.41) is 3.40. The van der Waals surface area contributed by atoms with Crippen LogP contribution in [0.2, 0.25) is 0 Å². The van der Waals surface area contributed by atoms with E-state index in [9.17, 15) is 4.79 Å². The van der Waals surface area contributed by atoms with Gasteiger partial charge in [0, 0.05) is 30.6 Å². The van der Waals surface area contributed by atoms with Gasteiger partial charge in [-0.15, -0.1) is 12.4 Å². The predicted molar refractivity (Wildman–Crippen MR) is 96.4 cm³/mol. The summed E-state index contributed by atoms with van der Waals surface area (Å²) in [5.74, 6) is 0.629. The van der Waals surface area contributed by atoms with Crippen LogP contribution < -0.4 is 10.9 Å². The maximum Gasteiger partial charge on any atom is 0.255 e. The van der Waals surface area contributed by atoms with Gasteiger partial charge in [-0.3, -0.25) is 14.3 Å². The molecule has 24 heavy (non-hydrogen) atoms. The second-order valence-electron chi connectivity index (χ2n) is 5.59. The highest BCUT2D eigenvalue weighted by atomic mass is 35.5. The van der Waals surface area contributed by atoms with Gasteiger partial charge in [-0.25, -0.2) is 4.98 Å². The van der Waals surface area contributed by atoms with Gasteiger partial charge in [-0.2, -0.15) is 0 Å². The maximum atomic E-state index is 12.4. The largest absolute Gasteiger partial charge is 0.349 e. The third kappa shape index (κ3) is 3.03. The Kier molecular flexibility index (Phi) is 4.62. The van der Waals surface area contributed by atoms with Gasteiger partial charge in [-0.1, -0.05) is 30.3 Å². The Labute approximate surface area is 145 Å². The van der Waals surface area contributed by atoms with E-state index in [0.29, 0.717) is 18.2 Å². The molecular weight excluding hydrogens is 324 g/mol. The molecule has 0 amide bonds. The molecule has 2 aromatic heterocycles. The second kappa shape index (κ2) is 6.84. The number of fused-ring (bicyclic) bond motifs is 1. The number of hydrogen-bond donors (Lipinski definition) is 1. The van der Waals surface area contributed by atoms with Crippen LogP contribution >= 0.6 is 12.4 Å². The summed E-state index contributed by atoms with van der Waals surface area (Å²) in [4.78, 5) is 21.0. The average Bonchev–Trinajstić information content (AvgIpc) is 2.63. The summed E-state index contributed by atoms with van der Waals surface area (Å²) in [6, 6.07) is 15.7. The van der Waals surface area contributed by atoms with Crippen LogP contribution in [0, 0.1) is 0 Å². The minimum Gasteiger partial charge on any atom is -0.349 e. The van der Waals surface area contributed by atoms with Gasteiger partial charge >= 0.3 is 0 Å². The fourth-order valence-electron chi connectivity index (χ4n) is 2.92. The Bertz CT molecular complexity index is 881. The van der Waals surface area contributed by atoms with Crippen molar-refractivity contribution in [2.75, 3.05) is 5.32 Å². The molecule has 0 aliphatic carbocycles. The van der Waals surface area contributed by atoms with Crippen molar-refractivity contribution in [1.29, 1.82) is 0 Å². The van der Waals surface area contributed by atoms with Gasteiger partial charge in [-0.05, 0) is 24.1 Å². The molecule has 1 unspecified atom stereocenters. The smallest absolute Gasteiger partial charge is 0.255 e. The number of halogens is 1.